The van der Waals surface area contributed by atoms with E-state index in [-0.39, 0.29) is 26.0 Å². The number of ether oxygens (including phenoxy) is 2. The number of esters is 1. The number of carbonyl (C=O) groups is 4. The van der Waals surface area contributed by atoms with Crippen molar-refractivity contribution in [3.63, 3.8) is 0 Å². The highest BCUT2D eigenvalue weighted by Crippen LogP contribution is 2.23. The second kappa shape index (κ2) is 16.0. The number of hydrogen-bond donors (Lipinski definition) is 3. The van der Waals surface area contributed by atoms with Gasteiger partial charge in [-0.25, -0.2) is 9.59 Å². The Labute approximate surface area is 270 Å². The van der Waals surface area contributed by atoms with E-state index in [1.807, 2.05) is 91.0 Å². The first kappa shape index (κ1) is 34.2. The smallest absolute Gasteiger partial charge is 0.408 e. The average Bonchev–Trinajstić information content (AvgIpc) is 3.54. The molecule has 3 aromatic rings. The highest BCUT2D eigenvalue weighted by Gasteiger charge is 2.41. The number of alkyl carbamates (subject to hydrolysis) is 1. The third-order valence-electron chi connectivity index (χ3n) is 7.58. The lowest BCUT2D eigenvalue weighted by Crippen LogP contribution is -2.58. The van der Waals surface area contributed by atoms with E-state index in [2.05, 4.69) is 10.6 Å². The number of amides is 3. The molecule has 10 heteroatoms. The first-order valence-corrected chi connectivity index (χ1v) is 15.6. The summed E-state index contributed by atoms with van der Waals surface area (Å²) in [6, 6.07) is 24.5. The van der Waals surface area contributed by atoms with E-state index in [0.717, 1.165) is 16.7 Å². The molecule has 3 N–H and O–H groups in total. The van der Waals surface area contributed by atoms with Crippen molar-refractivity contribution >= 4 is 23.9 Å². The van der Waals surface area contributed by atoms with E-state index in [1.54, 1.807) is 20.8 Å². The summed E-state index contributed by atoms with van der Waals surface area (Å²) in [7, 11) is 0. The van der Waals surface area contributed by atoms with Gasteiger partial charge in [0.05, 0.1) is 6.04 Å². The monoisotopic (exact) mass is 629 g/mol. The molecule has 1 heterocycles. The number of aliphatic hydroxyl groups excluding tert-OH is 1. The van der Waals surface area contributed by atoms with Crippen LogP contribution in [0.1, 0.15) is 50.3 Å². The van der Waals surface area contributed by atoms with Crippen LogP contribution in [0, 0.1) is 0 Å². The minimum Gasteiger partial charge on any atom is -0.458 e. The molecule has 3 amide bonds. The number of benzene rings is 3. The molecule has 1 aliphatic heterocycles. The quantitative estimate of drug-likeness (QED) is 0.259. The van der Waals surface area contributed by atoms with Crippen LogP contribution >= 0.6 is 0 Å². The first-order valence-electron chi connectivity index (χ1n) is 15.6. The molecule has 4 atom stereocenters. The van der Waals surface area contributed by atoms with Gasteiger partial charge in [-0.3, -0.25) is 9.59 Å². The minimum absolute atomic E-state index is 0.0187. The van der Waals surface area contributed by atoms with E-state index < -0.39 is 53.7 Å². The van der Waals surface area contributed by atoms with E-state index in [1.165, 1.54) is 4.90 Å². The van der Waals surface area contributed by atoms with Gasteiger partial charge in [-0.15, -0.1) is 0 Å². The van der Waals surface area contributed by atoms with Gasteiger partial charge in [0.1, 0.15) is 24.3 Å². The lowest BCUT2D eigenvalue weighted by molar-refractivity contribution is -0.165. The molecule has 0 aromatic heterocycles. The Morgan fingerprint density at radius 1 is 0.826 bits per heavy atom. The molecule has 0 aliphatic carbocycles. The highest BCUT2D eigenvalue weighted by molar-refractivity contribution is 5.90. The minimum atomic E-state index is -1.67. The molecule has 0 spiro atoms. The SMILES string of the molecule is CC(C)(C)OC(=O)[C@@H]1CCCN1C(=O)[C@@H](O)[C@H](Cc1ccccc1)NC(=O)[C@H](Cc1ccccc1)NC(=O)OCc1ccccc1. The Bertz CT molecular complexity index is 1440. The van der Waals surface area contributed by atoms with Gasteiger partial charge in [-0.1, -0.05) is 91.0 Å². The van der Waals surface area contributed by atoms with Crippen LogP contribution in [0.2, 0.25) is 0 Å². The summed E-state index contributed by atoms with van der Waals surface area (Å²) in [6.45, 7) is 5.55. The molecular formula is C36H43N3O7. The number of aliphatic hydroxyl groups is 1. The highest BCUT2D eigenvalue weighted by atomic mass is 16.6. The van der Waals surface area contributed by atoms with Crippen LogP contribution in [0.5, 0.6) is 0 Å². The Hall–Kier alpha value is -4.70. The standard InChI is InChI=1S/C36H43N3O7/c1-36(2,3)46-34(43)30-20-13-21-39(30)33(42)31(40)28(22-25-14-7-4-8-15-25)37-32(41)29(23-26-16-9-5-10-17-26)38-35(44)45-24-27-18-11-6-12-19-27/h4-12,14-19,28-31,40H,13,20-24H2,1-3H3,(H,37,41)(H,38,44)/t28-,29-,30-,31-/m0/s1. The molecule has 4 rings (SSSR count). The molecule has 0 radical (unpaired) electrons. The predicted molar refractivity (Wildman–Crippen MR) is 172 cm³/mol. The summed E-state index contributed by atoms with van der Waals surface area (Å²) in [4.78, 5) is 54.7. The lowest BCUT2D eigenvalue weighted by atomic mass is 9.98. The van der Waals surface area contributed by atoms with Crippen LogP contribution in [-0.4, -0.2) is 70.3 Å². The number of hydrogen-bond acceptors (Lipinski definition) is 7. The summed E-state index contributed by atoms with van der Waals surface area (Å²) in [5.74, 6) is -1.81. The summed E-state index contributed by atoms with van der Waals surface area (Å²) in [5.41, 5.74) is 1.62. The Morgan fingerprint density at radius 2 is 1.37 bits per heavy atom. The molecule has 1 aliphatic rings. The Morgan fingerprint density at radius 3 is 1.93 bits per heavy atom. The Kier molecular flexibility index (Phi) is 11.9. The molecule has 0 bridgehead atoms. The van der Waals surface area contributed by atoms with Crippen molar-refractivity contribution in [3.05, 3.63) is 108 Å². The zero-order valence-electron chi connectivity index (χ0n) is 26.6. The molecule has 3 aromatic carbocycles. The maximum atomic E-state index is 13.8. The van der Waals surface area contributed by atoms with E-state index >= 15 is 0 Å². The molecule has 244 valence electrons. The summed E-state index contributed by atoms with van der Waals surface area (Å²) in [5, 5.41) is 17.0. The van der Waals surface area contributed by atoms with E-state index in [9.17, 15) is 24.3 Å². The predicted octanol–water partition coefficient (Wildman–Crippen LogP) is 3.95. The molecule has 10 nitrogen and oxygen atoms in total. The fourth-order valence-electron chi connectivity index (χ4n) is 5.35. The molecule has 0 unspecified atom stereocenters. The van der Waals surface area contributed by atoms with Gasteiger partial charge in [0, 0.05) is 13.0 Å². The van der Waals surface area contributed by atoms with Gasteiger partial charge in [0.25, 0.3) is 5.91 Å². The third kappa shape index (κ3) is 10.2. The van der Waals surface area contributed by atoms with Crippen LogP contribution < -0.4 is 10.6 Å². The summed E-state index contributed by atoms with van der Waals surface area (Å²) >= 11 is 0. The lowest BCUT2D eigenvalue weighted by Gasteiger charge is -2.32. The van der Waals surface area contributed by atoms with Crippen LogP contribution in [0.25, 0.3) is 0 Å². The van der Waals surface area contributed by atoms with Crippen molar-refractivity contribution in [2.24, 2.45) is 0 Å². The van der Waals surface area contributed by atoms with Crippen molar-refractivity contribution < 1.29 is 33.8 Å². The van der Waals surface area contributed by atoms with Gasteiger partial charge in [-0.2, -0.15) is 0 Å². The van der Waals surface area contributed by atoms with Crippen molar-refractivity contribution in [3.8, 4) is 0 Å². The number of carbonyl (C=O) groups excluding carboxylic acids is 4. The number of nitrogens with zero attached hydrogens (tertiary/aromatic N) is 1. The van der Waals surface area contributed by atoms with Crippen LogP contribution in [0.3, 0.4) is 0 Å². The third-order valence-corrected chi connectivity index (χ3v) is 7.58. The average molecular weight is 630 g/mol. The van der Waals surface area contributed by atoms with Crippen molar-refractivity contribution in [2.75, 3.05) is 6.54 Å². The van der Waals surface area contributed by atoms with Gasteiger partial charge in [-0.05, 0) is 56.7 Å². The van der Waals surface area contributed by atoms with Crippen molar-refractivity contribution in [1.82, 2.24) is 15.5 Å². The molecule has 0 saturated carbocycles. The number of rotatable bonds is 12. The summed E-state index contributed by atoms with van der Waals surface area (Å²) in [6.07, 6.45) is -1.20. The van der Waals surface area contributed by atoms with Gasteiger partial charge >= 0.3 is 12.1 Å². The number of nitrogens with one attached hydrogen (secondary N) is 2. The molecule has 1 fully saturated rings. The maximum Gasteiger partial charge on any atom is 0.408 e. The van der Waals surface area contributed by atoms with Gasteiger partial charge < -0.3 is 30.1 Å². The second-order valence-corrected chi connectivity index (χ2v) is 12.4. The first-order chi connectivity index (χ1) is 22.0. The zero-order valence-corrected chi connectivity index (χ0v) is 26.6. The van der Waals surface area contributed by atoms with E-state index in [0.29, 0.717) is 12.8 Å². The van der Waals surface area contributed by atoms with Crippen LogP contribution in [-0.2, 0) is 43.3 Å². The Balaban J connectivity index is 1.53. The summed E-state index contributed by atoms with van der Waals surface area (Å²) < 4.78 is 10.9. The normalized spacial score (nSPS) is 16.5. The largest absolute Gasteiger partial charge is 0.458 e. The fourth-order valence-corrected chi connectivity index (χ4v) is 5.35. The second-order valence-electron chi connectivity index (χ2n) is 12.4. The van der Waals surface area contributed by atoms with Crippen LogP contribution in [0.4, 0.5) is 4.79 Å². The molecule has 1 saturated heterocycles. The topological polar surface area (TPSA) is 134 Å². The van der Waals surface area contributed by atoms with Gasteiger partial charge in [0.15, 0.2) is 6.10 Å². The zero-order chi connectivity index (χ0) is 33.1. The van der Waals surface area contributed by atoms with E-state index in [4.69, 9.17) is 9.47 Å². The fraction of sp³-hybridized carbons (Fsp3) is 0.389. The van der Waals surface area contributed by atoms with Gasteiger partial charge in [0.2, 0.25) is 5.91 Å². The molecule has 46 heavy (non-hydrogen) atoms. The van der Waals surface area contributed by atoms with Crippen LogP contribution in [0.15, 0.2) is 91.0 Å². The van der Waals surface area contributed by atoms with Crippen molar-refractivity contribution in [1.29, 1.82) is 0 Å². The maximum absolute atomic E-state index is 13.8. The number of likely N-dealkylation sites (tertiary alicyclic amines) is 1. The molecular weight excluding hydrogens is 586 g/mol. The van der Waals surface area contributed by atoms with Crippen molar-refractivity contribution in [2.45, 2.75) is 82.9 Å².